The van der Waals surface area contributed by atoms with Crippen LogP contribution < -0.4 is 11.1 Å². The molecule has 2 aromatic rings. The summed E-state index contributed by atoms with van der Waals surface area (Å²) in [4.78, 5) is 26.6. The van der Waals surface area contributed by atoms with Crippen LogP contribution in [0.1, 0.15) is 75.8 Å². The minimum Gasteiger partial charge on any atom is -0.381 e. The van der Waals surface area contributed by atoms with Crippen molar-refractivity contribution in [1.82, 2.24) is 35.3 Å². The van der Waals surface area contributed by atoms with Gasteiger partial charge in [0.2, 0.25) is 0 Å². The van der Waals surface area contributed by atoms with Gasteiger partial charge in [-0.1, -0.05) is 19.3 Å². The Kier molecular flexibility index (Phi) is 7.64. The summed E-state index contributed by atoms with van der Waals surface area (Å²) in [6, 6.07) is 5.29. The Balaban J connectivity index is 1.08. The van der Waals surface area contributed by atoms with Crippen LogP contribution >= 0.6 is 0 Å². The highest BCUT2D eigenvalue weighted by Crippen LogP contribution is 2.40. The number of H-pyrrole nitrogens is 1. The first-order valence-corrected chi connectivity index (χ1v) is 14.4. The first-order valence-electron chi connectivity index (χ1n) is 14.4. The number of hydrogen-bond acceptors (Lipinski definition) is 7. The molecule has 11 heteroatoms. The number of likely N-dealkylation sites (tertiary alicyclic amines) is 1. The van der Waals surface area contributed by atoms with Gasteiger partial charge in [-0.2, -0.15) is 0 Å². The van der Waals surface area contributed by atoms with Crippen LogP contribution in [0, 0.1) is 0 Å². The predicted molar refractivity (Wildman–Crippen MR) is 145 cm³/mol. The second-order valence-electron chi connectivity index (χ2n) is 11.4. The number of piperidine rings is 1. The Labute approximate surface area is 224 Å². The minimum absolute atomic E-state index is 0.148. The second kappa shape index (κ2) is 11.4. The smallest absolute Gasteiger partial charge is 0.318 e. The molecule has 2 aliphatic carbocycles. The molecule has 4 aliphatic rings. The summed E-state index contributed by atoms with van der Waals surface area (Å²) in [5.74, 6) is 1.61. The van der Waals surface area contributed by atoms with Gasteiger partial charge in [-0.05, 0) is 57.1 Å². The van der Waals surface area contributed by atoms with E-state index in [4.69, 9.17) is 10.5 Å². The summed E-state index contributed by atoms with van der Waals surface area (Å²) in [6.07, 6.45) is 12.6. The first-order chi connectivity index (χ1) is 18.6. The lowest BCUT2D eigenvalue weighted by Gasteiger charge is -2.43. The van der Waals surface area contributed by atoms with Crippen molar-refractivity contribution in [3.8, 4) is 0 Å². The Hall–Kier alpha value is -2.92. The van der Waals surface area contributed by atoms with Gasteiger partial charge in [0.1, 0.15) is 5.95 Å². The van der Waals surface area contributed by atoms with Crippen LogP contribution in [0.2, 0.25) is 0 Å². The van der Waals surface area contributed by atoms with E-state index in [-0.39, 0.29) is 24.1 Å². The van der Waals surface area contributed by atoms with Crippen molar-refractivity contribution in [1.29, 1.82) is 0 Å². The zero-order chi connectivity index (χ0) is 25.9. The topological polar surface area (TPSA) is 139 Å². The van der Waals surface area contributed by atoms with Gasteiger partial charge in [-0.3, -0.25) is 4.90 Å². The van der Waals surface area contributed by atoms with Gasteiger partial charge in [0, 0.05) is 60.7 Å². The van der Waals surface area contributed by atoms with Gasteiger partial charge in [-0.15, -0.1) is 0 Å². The van der Waals surface area contributed by atoms with Crippen LogP contribution in [0.3, 0.4) is 0 Å². The molecule has 0 bridgehead atoms. The number of nitrogens with one attached hydrogen (secondary N) is 2. The van der Waals surface area contributed by atoms with Gasteiger partial charge >= 0.3 is 6.03 Å². The molecule has 0 aromatic carbocycles. The van der Waals surface area contributed by atoms with Crippen LogP contribution in [0.15, 0.2) is 18.3 Å². The molecule has 2 atom stereocenters. The molecule has 2 aliphatic heterocycles. The number of carbonyl (C=O) groups is 1. The number of nitrogens with zero attached hydrogens (tertiary/aromatic N) is 6. The van der Waals surface area contributed by atoms with Gasteiger partial charge in [-0.25, -0.2) is 9.78 Å². The average molecular weight is 523 g/mol. The van der Waals surface area contributed by atoms with E-state index in [9.17, 15) is 4.79 Å². The molecule has 4 fully saturated rings. The number of aromatic nitrogens is 4. The maximum absolute atomic E-state index is 13.8. The molecule has 206 valence electrons. The molecule has 6 rings (SSSR count). The average Bonchev–Trinajstić information content (AvgIpc) is 3.55. The summed E-state index contributed by atoms with van der Waals surface area (Å²) >= 11 is 0. The number of ether oxygens (including phenoxy) is 1. The van der Waals surface area contributed by atoms with Crippen molar-refractivity contribution < 1.29 is 9.53 Å². The third kappa shape index (κ3) is 5.73. The van der Waals surface area contributed by atoms with Crippen molar-refractivity contribution in [3.63, 3.8) is 0 Å². The highest BCUT2D eigenvalue weighted by Gasteiger charge is 2.38. The van der Waals surface area contributed by atoms with E-state index < -0.39 is 0 Å². The largest absolute Gasteiger partial charge is 0.381 e. The molecule has 4 heterocycles. The fraction of sp³-hybridized carbons (Fsp3) is 0.704. The number of carbonyl (C=O) groups excluding carboxylic acids is 1. The normalized spacial score (nSPS) is 25.7. The molecule has 0 spiro atoms. The number of amides is 2. The monoisotopic (exact) mass is 522 g/mol. The molecule has 2 amide bonds. The van der Waals surface area contributed by atoms with E-state index in [1.54, 1.807) is 12.3 Å². The van der Waals surface area contributed by atoms with Crippen molar-refractivity contribution in [2.24, 2.45) is 0 Å². The number of nitrogens with two attached hydrogens (primary N) is 1. The third-order valence-corrected chi connectivity index (χ3v) is 8.91. The quantitative estimate of drug-likeness (QED) is 0.500. The van der Waals surface area contributed by atoms with E-state index >= 15 is 0 Å². The Bertz CT molecular complexity index is 1080. The van der Waals surface area contributed by atoms with Gasteiger partial charge in [0.05, 0.1) is 19.3 Å². The minimum atomic E-state index is 0.148. The van der Waals surface area contributed by atoms with Gasteiger partial charge in [0.15, 0.2) is 0 Å². The molecule has 0 radical (unpaired) electrons. The SMILES string of the molecule is Nc1nccc([N-]c2cc(C3CCC(N(C(=O)NC4CCN(C5COC5)CC4)C4CCCCC4)C3)[nH]n2)n1. The lowest BCUT2D eigenvalue weighted by molar-refractivity contribution is -0.0717. The number of rotatable bonds is 7. The molecular weight excluding hydrogens is 482 g/mol. The van der Waals surface area contributed by atoms with Crippen LogP contribution in [-0.4, -0.2) is 86.5 Å². The molecular formula is C27H40N9O2-. The number of aromatic amines is 1. The fourth-order valence-corrected chi connectivity index (χ4v) is 6.71. The van der Waals surface area contributed by atoms with Crippen molar-refractivity contribution >= 4 is 23.6 Å². The van der Waals surface area contributed by atoms with E-state index in [2.05, 4.69) is 40.6 Å². The van der Waals surface area contributed by atoms with Crippen LogP contribution in [0.4, 0.5) is 22.4 Å². The van der Waals surface area contributed by atoms with Crippen molar-refractivity contribution in [2.75, 3.05) is 32.0 Å². The summed E-state index contributed by atoms with van der Waals surface area (Å²) in [7, 11) is 0. The fourth-order valence-electron chi connectivity index (χ4n) is 6.71. The van der Waals surface area contributed by atoms with Crippen molar-refractivity contribution in [3.05, 3.63) is 29.3 Å². The molecule has 11 nitrogen and oxygen atoms in total. The summed E-state index contributed by atoms with van der Waals surface area (Å²) < 4.78 is 5.37. The van der Waals surface area contributed by atoms with Gasteiger partial charge in [0.25, 0.3) is 0 Å². The highest BCUT2D eigenvalue weighted by molar-refractivity contribution is 5.75. The Morgan fingerprint density at radius 1 is 1.08 bits per heavy atom. The highest BCUT2D eigenvalue weighted by atomic mass is 16.5. The number of urea groups is 1. The van der Waals surface area contributed by atoms with E-state index in [0.29, 0.717) is 29.6 Å². The first kappa shape index (κ1) is 25.4. The zero-order valence-corrected chi connectivity index (χ0v) is 22.1. The van der Waals surface area contributed by atoms with Crippen LogP contribution in [-0.2, 0) is 4.74 Å². The maximum atomic E-state index is 13.8. The summed E-state index contributed by atoms with van der Waals surface area (Å²) in [6.45, 7) is 3.80. The molecule has 2 aromatic heterocycles. The van der Waals surface area contributed by atoms with Crippen LogP contribution in [0.5, 0.6) is 0 Å². The lowest BCUT2D eigenvalue weighted by Crippen LogP contribution is -2.57. The lowest BCUT2D eigenvalue weighted by atomic mass is 9.92. The predicted octanol–water partition coefficient (Wildman–Crippen LogP) is 3.96. The molecule has 4 N–H and O–H groups in total. The van der Waals surface area contributed by atoms with Gasteiger partial charge < -0.3 is 41.2 Å². The molecule has 2 unspecified atom stereocenters. The Morgan fingerprint density at radius 3 is 2.63 bits per heavy atom. The number of anilines is 1. The standard InChI is InChI=1S/C27H41N9O2/c28-26-29-11-8-24(32-26)31-25-15-23(33-34-25)18-6-7-21(14-18)36(20-4-2-1-3-5-20)27(37)30-19-9-12-35(13-10-19)22-16-38-17-22/h8,11,15,18-22H,1-7,9-10,12-14,16-17H2,(H5,28,29,30,31,32,33,34,37)/p-1. The van der Waals surface area contributed by atoms with E-state index in [1.807, 2.05) is 6.07 Å². The third-order valence-electron chi connectivity index (χ3n) is 8.91. The molecule has 38 heavy (non-hydrogen) atoms. The van der Waals surface area contributed by atoms with Crippen LogP contribution in [0.25, 0.3) is 5.32 Å². The number of nitrogen functional groups attached to an aromatic ring is 1. The molecule has 2 saturated heterocycles. The van der Waals surface area contributed by atoms with E-state index in [1.165, 1.54) is 19.3 Å². The zero-order valence-electron chi connectivity index (χ0n) is 22.1. The Morgan fingerprint density at radius 2 is 1.89 bits per heavy atom. The molecule has 2 saturated carbocycles. The maximum Gasteiger partial charge on any atom is 0.318 e. The van der Waals surface area contributed by atoms with Crippen molar-refractivity contribution in [2.45, 2.75) is 94.3 Å². The second-order valence-corrected chi connectivity index (χ2v) is 11.4. The van der Waals surface area contributed by atoms with E-state index in [0.717, 1.165) is 76.9 Å². The summed E-state index contributed by atoms with van der Waals surface area (Å²) in [5, 5.41) is 15.5. The number of hydrogen-bond donors (Lipinski definition) is 3. The summed E-state index contributed by atoms with van der Waals surface area (Å²) in [5.41, 5.74) is 6.75.